The highest BCUT2D eigenvalue weighted by Gasteiger charge is 2.39. The van der Waals surface area contributed by atoms with Gasteiger partial charge in [0.15, 0.2) is 0 Å². The average Bonchev–Trinajstić information content (AvgIpc) is 2.36. The molecule has 1 aromatic carbocycles. The third kappa shape index (κ3) is 2.98. The van der Waals surface area contributed by atoms with Gasteiger partial charge in [0, 0.05) is 11.6 Å². The molecule has 1 aromatic rings. The number of carbonyl (C=O) groups is 1. The first-order valence-electron chi connectivity index (χ1n) is 6.16. The fourth-order valence-corrected chi connectivity index (χ4v) is 2.23. The number of methoxy groups -OCH3 is 2. The largest absolute Gasteiger partial charge is 0.497 e. The van der Waals surface area contributed by atoms with Gasteiger partial charge in [-0.15, -0.1) is 0 Å². The molecule has 0 radical (unpaired) electrons. The van der Waals surface area contributed by atoms with Crippen LogP contribution in [0.15, 0.2) is 18.2 Å². The molecule has 0 saturated carbocycles. The van der Waals surface area contributed by atoms with Crippen LogP contribution in [0, 0.1) is 0 Å². The lowest BCUT2D eigenvalue weighted by atomic mass is 9.96. The number of nitrogens with zero attached hydrogens (tertiary/aromatic N) is 1. The summed E-state index contributed by atoms with van der Waals surface area (Å²) in [7, 11) is 3.15. The highest BCUT2D eigenvalue weighted by atomic mass is 16.5. The van der Waals surface area contributed by atoms with E-state index in [1.807, 2.05) is 6.07 Å². The highest BCUT2D eigenvalue weighted by Crippen LogP contribution is 2.27. The number of aliphatic hydroxyl groups is 1. The highest BCUT2D eigenvalue weighted by molar-refractivity contribution is 5.80. The van der Waals surface area contributed by atoms with E-state index in [-0.39, 0.29) is 12.3 Å². The van der Waals surface area contributed by atoms with Gasteiger partial charge in [0.05, 0.1) is 39.3 Å². The Morgan fingerprint density at radius 1 is 1.37 bits per heavy atom. The quantitative estimate of drug-likeness (QED) is 0.876. The van der Waals surface area contributed by atoms with Gasteiger partial charge in [-0.1, -0.05) is 6.07 Å². The van der Waals surface area contributed by atoms with Crippen molar-refractivity contribution < 1.29 is 19.4 Å². The van der Waals surface area contributed by atoms with Crippen molar-refractivity contribution >= 4 is 5.91 Å². The van der Waals surface area contributed by atoms with E-state index in [0.717, 1.165) is 5.56 Å². The van der Waals surface area contributed by atoms with Crippen LogP contribution in [-0.4, -0.2) is 48.8 Å². The van der Waals surface area contributed by atoms with Crippen molar-refractivity contribution in [1.82, 2.24) is 4.90 Å². The van der Waals surface area contributed by atoms with Crippen LogP contribution in [0.25, 0.3) is 0 Å². The van der Waals surface area contributed by atoms with E-state index in [1.165, 1.54) is 0 Å². The smallest absolute Gasteiger partial charge is 0.227 e. The first-order chi connectivity index (χ1) is 8.95. The minimum atomic E-state index is -0.736. The van der Waals surface area contributed by atoms with E-state index in [0.29, 0.717) is 24.6 Å². The second kappa shape index (κ2) is 5.09. The van der Waals surface area contributed by atoms with E-state index in [4.69, 9.17) is 9.47 Å². The Morgan fingerprint density at radius 3 is 2.58 bits per heavy atom. The van der Waals surface area contributed by atoms with E-state index in [2.05, 4.69) is 0 Å². The fourth-order valence-electron chi connectivity index (χ4n) is 2.23. The molecule has 5 heteroatoms. The van der Waals surface area contributed by atoms with E-state index in [9.17, 15) is 9.90 Å². The summed E-state index contributed by atoms with van der Waals surface area (Å²) >= 11 is 0. The Bertz CT molecular complexity index is 476. The van der Waals surface area contributed by atoms with Crippen LogP contribution in [0.2, 0.25) is 0 Å². The lowest BCUT2D eigenvalue weighted by Crippen LogP contribution is -2.62. The summed E-state index contributed by atoms with van der Waals surface area (Å²) in [5.41, 5.74) is 0.0828. The molecular weight excluding hydrogens is 246 g/mol. The first kappa shape index (κ1) is 13.7. The Balaban J connectivity index is 2.05. The van der Waals surface area contributed by atoms with Crippen LogP contribution in [0.3, 0.4) is 0 Å². The van der Waals surface area contributed by atoms with Crippen LogP contribution in [0.5, 0.6) is 11.5 Å². The molecular formula is C14H19NO4. The monoisotopic (exact) mass is 265 g/mol. The molecule has 1 heterocycles. The average molecular weight is 265 g/mol. The predicted octanol–water partition coefficient (Wildman–Crippen LogP) is 0.839. The first-order valence-corrected chi connectivity index (χ1v) is 6.16. The van der Waals surface area contributed by atoms with Crippen LogP contribution in [0.1, 0.15) is 12.5 Å². The summed E-state index contributed by atoms with van der Waals surface area (Å²) in [6, 6.07) is 5.39. The van der Waals surface area contributed by atoms with Gasteiger partial charge in [-0.25, -0.2) is 0 Å². The topological polar surface area (TPSA) is 59.0 Å². The molecule has 0 aromatic heterocycles. The van der Waals surface area contributed by atoms with Gasteiger partial charge in [-0.05, 0) is 13.0 Å². The third-order valence-corrected chi connectivity index (χ3v) is 3.25. The maximum Gasteiger partial charge on any atom is 0.227 e. The second-order valence-electron chi connectivity index (χ2n) is 5.10. The number of amides is 1. The van der Waals surface area contributed by atoms with Crippen LogP contribution in [-0.2, 0) is 11.2 Å². The molecule has 0 aliphatic carbocycles. The molecule has 1 N–H and O–H groups in total. The van der Waals surface area contributed by atoms with Gasteiger partial charge < -0.3 is 19.5 Å². The summed E-state index contributed by atoms with van der Waals surface area (Å²) in [5, 5.41) is 9.63. The second-order valence-corrected chi connectivity index (χ2v) is 5.10. The Hall–Kier alpha value is -1.75. The number of β-amino-alcohol motifs (C(OH)–C–C–N with tert-alkyl or cyclic N) is 1. The summed E-state index contributed by atoms with van der Waals surface area (Å²) in [5.74, 6) is 1.33. The standard InChI is InChI=1S/C14H19NO4/c1-14(17)8-15(9-14)13(16)6-10-4-5-11(18-2)7-12(10)19-3/h4-5,7,17H,6,8-9H2,1-3H3. The van der Waals surface area contributed by atoms with Gasteiger partial charge in [-0.3, -0.25) is 4.79 Å². The molecule has 1 aliphatic rings. The maximum atomic E-state index is 12.0. The molecule has 0 unspecified atom stereocenters. The number of rotatable bonds is 4. The van der Waals surface area contributed by atoms with Crippen molar-refractivity contribution in [2.45, 2.75) is 18.9 Å². The number of benzene rings is 1. The molecule has 104 valence electrons. The number of hydrogen-bond donors (Lipinski definition) is 1. The summed E-state index contributed by atoms with van der Waals surface area (Å²) in [6.45, 7) is 2.51. The third-order valence-electron chi connectivity index (χ3n) is 3.25. The van der Waals surface area contributed by atoms with Crippen molar-refractivity contribution in [2.75, 3.05) is 27.3 Å². The van der Waals surface area contributed by atoms with Crippen LogP contribution >= 0.6 is 0 Å². The predicted molar refractivity (Wildman–Crippen MR) is 70.5 cm³/mol. The Kier molecular flexibility index (Phi) is 3.66. The molecule has 1 fully saturated rings. The number of carbonyl (C=O) groups excluding carboxylic acids is 1. The number of hydrogen-bond acceptors (Lipinski definition) is 4. The van der Waals surface area contributed by atoms with E-state index in [1.54, 1.807) is 38.2 Å². The van der Waals surface area contributed by atoms with E-state index >= 15 is 0 Å². The molecule has 1 amide bonds. The SMILES string of the molecule is COc1ccc(CC(=O)N2CC(C)(O)C2)c(OC)c1. The molecule has 5 nitrogen and oxygen atoms in total. The zero-order valence-electron chi connectivity index (χ0n) is 11.5. The van der Waals surface area contributed by atoms with Gasteiger partial charge in [-0.2, -0.15) is 0 Å². The summed E-state index contributed by atoms with van der Waals surface area (Å²) in [4.78, 5) is 13.7. The van der Waals surface area contributed by atoms with Crippen molar-refractivity contribution in [2.24, 2.45) is 0 Å². The normalized spacial score (nSPS) is 16.7. The lowest BCUT2D eigenvalue weighted by Gasteiger charge is -2.44. The molecule has 0 atom stereocenters. The fraction of sp³-hybridized carbons (Fsp3) is 0.500. The van der Waals surface area contributed by atoms with Crippen molar-refractivity contribution in [1.29, 1.82) is 0 Å². The summed E-state index contributed by atoms with van der Waals surface area (Å²) in [6.07, 6.45) is 0.267. The minimum absolute atomic E-state index is 0.00464. The van der Waals surface area contributed by atoms with Gasteiger partial charge in [0.25, 0.3) is 0 Å². The Labute approximate surface area is 112 Å². The van der Waals surface area contributed by atoms with Crippen molar-refractivity contribution in [3.8, 4) is 11.5 Å². The molecule has 1 aliphatic heterocycles. The number of ether oxygens (including phenoxy) is 2. The Morgan fingerprint density at radius 2 is 2.05 bits per heavy atom. The number of likely N-dealkylation sites (tertiary alicyclic amines) is 1. The summed E-state index contributed by atoms with van der Waals surface area (Å²) < 4.78 is 10.4. The van der Waals surface area contributed by atoms with Crippen molar-refractivity contribution in [3.63, 3.8) is 0 Å². The molecule has 1 saturated heterocycles. The van der Waals surface area contributed by atoms with Crippen molar-refractivity contribution in [3.05, 3.63) is 23.8 Å². The molecule has 0 spiro atoms. The molecule has 0 bridgehead atoms. The van der Waals surface area contributed by atoms with Gasteiger partial charge in [0.2, 0.25) is 5.91 Å². The zero-order chi connectivity index (χ0) is 14.0. The minimum Gasteiger partial charge on any atom is -0.497 e. The van der Waals surface area contributed by atoms with Gasteiger partial charge in [0.1, 0.15) is 11.5 Å². The lowest BCUT2D eigenvalue weighted by molar-refractivity contribution is -0.151. The van der Waals surface area contributed by atoms with Crippen LogP contribution in [0.4, 0.5) is 0 Å². The zero-order valence-corrected chi connectivity index (χ0v) is 11.5. The molecule has 19 heavy (non-hydrogen) atoms. The van der Waals surface area contributed by atoms with Gasteiger partial charge >= 0.3 is 0 Å². The maximum absolute atomic E-state index is 12.0. The van der Waals surface area contributed by atoms with E-state index < -0.39 is 5.60 Å². The van der Waals surface area contributed by atoms with Crippen LogP contribution < -0.4 is 9.47 Å². The molecule has 2 rings (SSSR count).